The first-order valence-electron chi connectivity index (χ1n) is 5.58. The SMILES string of the molecule is COC(CN)CC(=O)NCC(C)(C)NS(C)(=O)=O. The van der Waals surface area contributed by atoms with Crippen LogP contribution in [-0.2, 0) is 19.6 Å². The fourth-order valence-corrected chi connectivity index (χ4v) is 2.48. The van der Waals surface area contributed by atoms with E-state index in [4.69, 9.17) is 10.5 Å². The molecule has 0 aliphatic rings. The fourth-order valence-electron chi connectivity index (χ4n) is 1.40. The lowest BCUT2D eigenvalue weighted by molar-refractivity contribution is -0.123. The van der Waals surface area contributed by atoms with Crippen molar-refractivity contribution in [3.8, 4) is 0 Å². The summed E-state index contributed by atoms with van der Waals surface area (Å²) in [5.41, 5.74) is 4.66. The summed E-state index contributed by atoms with van der Waals surface area (Å²) in [7, 11) is -1.82. The smallest absolute Gasteiger partial charge is 0.222 e. The van der Waals surface area contributed by atoms with E-state index in [2.05, 4.69) is 10.0 Å². The van der Waals surface area contributed by atoms with Crippen LogP contribution in [0.1, 0.15) is 20.3 Å². The number of methoxy groups -OCH3 is 1. The van der Waals surface area contributed by atoms with Gasteiger partial charge in [-0.25, -0.2) is 13.1 Å². The molecule has 0 aliphatic heterocycles. The van der Waals surface area contributed by atoms with E-state index in [1.165, 1.54) is 7.11 Å². The fraction of sp³-hybridized carbons (Fsp3) is 0.900. The summed E-state index contributed by atoms with van der Waals surface area (Å²) < 4.78 is 29.6. The lowest BCUT2D eigenvalue weighted by Crippen LogP contribution is -2.51. The van der Waals surface area contributed by atoms with Gasteiger partial charge in [0.2, 0.25) is 15.9 Å². The van der Waals surface area contributed by atoms with E-state index < -0.39 is 15.6 Å². The first-order valence-corrected chi connectivity index (χ1v) is 7.47. The lowest BCUT2D eigenvalue weighted by atomic mass is 10.1. The van der Waals surface area contributed by atoms with Crippen molar-refractivity contribution < 1.29 is 17.9 Å². The van der Waals surface area contributed by atoms with Crippen molar-refractivity contribution in [2.75, 3.05) is 26.5 Å². The molecule has 0 radical (unpaired) electrons. The third-order valence-corrected chi connectivity index (χ3v) is 3.12. The molecule has 4 N–H and O–H groups in total. The molecule has 7 nitrogen and oxygen atoms in total. The number of ether oxygens (including phenoxy) is 1. The molecule has 1 amide bonds. The van der Waals surface area contributed by atoms with Crippen LogP contribution in [0.3, 0.4) is 0 Å². The van der Waals surface area contributed by atoms with Crippen LogP contribution in [0.15, 0.2) is 0 Å². The van der Waals surface area contributed by atoms with E-state index in [1.807, 2.05) is 0 Å². The molecule has 0 fully saturated rings. The van der Waals surface area contributed by atoms with Crippen molar-refractivity contribution >= 4 is 15.9 Å². The minimum Gasteiger partial charge on any atom is -0.380 e. The van der Waals surface area contributed by atoms with Crippen LogP contribution in [0.2, 0.25) is 0 Å². The Morgan fingerprint density at radius 1 is 1.44 bits per heavy atom. The molecule has 0 heterocycles. The number of nitrogens with two attached hydrogens (primary N) is 1. The van der Waals surface area contributed by atoms with E-state index in [1.54, 1.807) is 13.8 Å². The second-order valence-corrected chi connectivity index (χ2v) is 6.58. The number of hydrogen-bond acceptors (Lipinski definition) is 5. The van der Waals surface area contributed by atoms with Gasteiger partial charge in [0, 0.05) is 25.7 Å². The first-order chi connectivity index (χ1) is 8.09. The molecule has 0 saturated carbocycles. The zero-order valence-corrected chi connectivity index (χ0v) is 12.1. The summed E-state index contributed by atoms with van der Waals surface area (Å²) in [5.74, 6) is -0.226. The molecule has 8 heteroatoms. The van der Waals surface area contributed by atoms with Gasteiger partial charge in [-0.05, 0) is 13.8 Å². The number of rotatable bonds is 8. The third kappa shape index (κ3) is 8.40. The van der Waals surface area contributed by atoms with E-state index in [0.717, 1.165) is 6.26 Å². The van der Waals surface area contributed by atoms with Crippen LogP contribution < -0.4 is 15.8 Å². The second-order valence-electron chi connectivity index (χ2n) is 4.83. The Labute approximate surface area is 108 Å². The van der Waals surface area contributed by atoms with Crippen LogP contribution in [0.4, 0.5) is 0 Å². The van der Waals surface area contributed by atoms with E-state index in [0.29, 0.717) is 0 Å². The predicted molar refractivity (Wildman–Crippen MR) is 69.5 cm³/mol. The standard InChI is InChI=1S/C10H23N3O4S/c1-10(2,13-18(4,15)16)7-12-9(14)5-8(6-11)17-3/h8,13H,5-7,11H2,1-4H3,(H,12,14). The van der Waals surface area contributed by atoms with Gasteiger partial charge < -0.3 is 15.8 Å². The maximum absolute atomic E-state index is 11.6. The first kappa shape index (κ1) is 17.3. The Morgan fingerprint density at radius 2 is 2.00 bits per heavy atom. The molecule has 1 unspecified atom stereocenters. The number of amides is 1. The molecule has 0 aliphatic carbocycles. The molecule has 0 aromatic heterocycles. The predicted octanol–water partition coefficient (Wildman–Crippen LogP) is -1.21. The van der Waals surface area contributed by atoms with Gasteiger partial charge in [0.25, 0.3) is 0 Å². The highest BCUT2D eigenvalue weighted by Crippen LogP contribution is 2.02. The maximum atomic E-state index is 11.6. The molecule has 18 heavy (non-hydrogen) atoms. The van der Waals surface area contributed by atoms with Crippen molar-refractivity contribution in [2.24, 2.45) is 5.73 Å². The van der Waals surface area contributed by atoms with Crippen molar-refractivity contribution in [2.45, 2.75) is 31.9 Å². The Balaban J connectivity index is 4.19. The van der Waals surface area contributed by atoms with Crippen LogP contribution in [0, 0.1) is 0 Å². The van der Waals surface area contributed by atoms with Crippen LogP contribution in [0.5, 0.6) is 0 Å². The molecule has 0 saturated heterocycles. The average Bonchev–Trinajstić information content (AvgIpc) is 2.20. The average molecular weight is 281 g/mol. The Hall–Kier alpha value is -0.700. The minimum absolute atomic E-state index is 0.155. The number of carbonyl (C=O) groups is 1. The summed E-state index contributed by atoms with van der Waals surface area (Å²) in [5, 5.41) is 2.64. The molecular weight excluding hydrogens is 258 g/mol. The second kappa shape index (κ2) is 7.03. The summed E-state index contributed by atoms with van der Waals surface area (Å²) in [6, 6.07) is 0. The van der Waals surface area contributed by atoms with Crippen molar-refractivity contribution in [3.05, 3.63) is 0 Å². The van der Waals surface area contributed by atoms with Gasteiger partial charge in [0.05, 0.1) is 18.8 Å². The van der Waals surface area contributed by atoms with Crippen molar-refractivity contribution in [1.29, 1.82) is 0 Å². The number of nitrogens with one attached hydrogen (secondary N) is 2. The van der Waals surface area contributed by atoms with Crippen LogP contribution >= 0.6 is 0 Å². The van der Waals surface area contributed by atoms with Gasteiger partial charge in [-0.3, -0.25) is 4.79 Å². The summed E-state index contributed by atoms with van der Waals surface area (Å²) in [4.78, 5) is 11.6. The topological polar surface area (TPSA) is 111 Å². The Kier molecular flexibility index (Phi) is 6.76. The van der Waals surface area contributed by atoms with Gasteiger partial charge in [-0.2, -0.15) is 0 Å². The summed E-state index contributed by atoms with van der Waals surface area (Å²) >= 11 is 0. The third-order valence-electron chi connectivity index (χ3n) is 2.20. The molecule has 0 rings (SSSR count). The minimum atomic E-state index is -3.31. The molecular formula is C10H23N3O4S. The zero-order chi connectivity index (χ0) is 14.4. The largest absolute Gasteiger partial charge is 0.380 e. The Bertz CT molecular complexity index is 363. The van der Waals surface area contributed by atoms with Gasteiger partial charge in [-0.15, -0.1) is 0 Å². The molecule has 0 spiro atoms. The summed E-state index contributed by atoms with van der Waals surface area (Å²) in [6.07, 6.45) is 0.907. The van der Waals surface area contributed by atoms with Crippen molar-refractivity contribution in [3.63, 3.8) is 0 Å². The molecule has 108 valence electrons. The quantitative estimate of drug-likeness (QED) is 0.517. The maximum Gasteiger partial charge on any atom is 0.222 e. The van der Waals surface area contributed by atoms with Gasteiger partial charge in [0.1, 0.15) is 0 Å². The molecule has 0 aromatic carbocycles. The van der Waals surface area contributed by atoms with Gasteiger partial charge in [0.15, 0.2) is 0 Å². The zero-order valence-electron chi connectivity index (χ0n) is 11.3. The van der Waals surface area contributed by atoms with E-state index in [9.17, 15) is 13.2 Å². The normalized spacial score (nSPS) is 14.3. The summed E-state index contributed by atoms with van der Waals surface area (Å²) in [6.45, 7) is 3.82. The van der Waals surface area contributed by atoms with Gasteiger partial charge in [-0.1, -0.05) is 0 Å². The number of carbonyl (C=O) groups excluding carboxylic acids is 1. The Morgan fingerprint density at radius 3 is 2.39 bits per heavy atom. The van der Waals surface area contributed by atoms with Crippen LogP contribution in [-0.4, -0.2) is 52.4 Å². The molecule has 0 aromatic rings. The van der Waals surface area contributed by atoms with Crippen molar-refractivity contribution in [1.82, 2.24) is 10.0 Å². The highest BCUT2D eigenvalue weighted by atomic mass is 32.2. The highest BCUT2D eigenvalue weighted by molar-refractivity contribution is 7.88. The van der Waals surface area contributed by atoms with E-state index in [-0.39, 0.29) is 31.5 Å². The monoisotopic (exact) mass is 281 g/mol. The van der Waals surface area contributed by atoms with Crippen LogP contribution in [0.25, 0.3) is 0 Å². The lowest BCUT2D eigenvalue weighted by Gasteiger charge is -2.25. The van der Waals surface area contributed by atoms with E-state index >= 15 is 0 Å². The molecule has 0 bridgehead atoms. The molecule has 1 atom stereocenters. The highest BCUT2D eigenvalue weighted by Gasteiger charge is 2.23. The number of hydrogen-bond donors (Lipinski definition) is 3. The number of sulfonamides is 1. The van der Waals surface area contributed by atoms with Gasteiger partial charge >= 0.3 is 0 Å².